The number of para-hydroxylation sites is 2. The van der Waals surface area contributed by atoms with Crippen LogP contribution in [0.3, 0.4) is 0 Å². The molecule has 2 heterocycles. The molecule has 1 unspecified atom stereocenters. The summed E-state index contributed by atoms with van der Waals surface area (Å²) in [4.78, 5) is 29.5. The number of aromatic nitrogens is 2. The highest BCUT2D eigenvalue weighted by molar-refractivity contribution is 7.14. The highest BCUT2D eigenvalue weighted by Crippen LogP contribution is 2.33. The summed E-state index contributed by atoms with van der Waals surface area (Å²) in [6, 6.07) is 11.7. The summed E-state index contributed by atoms with van der Waals surface area (Å²) in [6.07, 6.45) is 0. The van der Waals surface area contributed by atoms with Gasteiger partial charge >= 0.3 is 5.76 Å². The summed E-state index contributed by atoms with van der Waals surface area (Å²) in [5, 5.41) is 5.04. The number of benzene rings is 2. The third kappa shape index (κ3) is 3.55. The van der Waals surface area contributed by atoms with Gasteiger partial charge in [-0.2, -0.15) is 0 Å². The standard InChI is InChI=1S/C21H19N3O5S/c1-12(24-15-6-4-5-7-16(15)29-21(24)26)19(25)23-20-22-14(11-30-20)13-8-9-17(27-2)18(10-13)28-3/h4-12H,1-3H3,(H,22,23,25). The zero-order chi connectivity index (χ0) is 21.3. The maximum atomic E-state index is 12.8. The maximum Gasteiger partial charge on any atom is 0.420 e. The molecule has 154 valence electrons. The van der Waals surface area contributed by atoms with Gasteiger partial charge in [0.05, 0.1) is 25.4 Å². The van der Waals surface area contributed by atoms with Crippen molar-refractivity contribution in [2.45, 2.75) is 13.0 Å². The number of fused-ring (bicyclic) bond motifs is 1. The first-order valence-corrected chi connectivity index (χ1v) is 9.98. The lowest BCUT2D eigenvalue weighted by atomic mass is 10.1. The molecule has 0 aliphatic carbocycles. The Bertz CT molecular complexity index is 1270. The largest absolute Gasteiger partial charge is 0.493 e. The summed E-state index contributed by atoms with van der Waals surface area (Å²) >= 11 is 1.29. The predicted octanol–water partition coefficient (Wildman–Crippen LogP) is 3.93. The highest BCUT2D eigenvalue weighted by Gasteiger charge is 2.22. The second kappa shape index (κ2) is 8.03. The van der Waals surface area contributed by atoms with Gasteiger partial charge in [0.25, 0.3) is 0 Å². The van der Waals surface area contributed by atoms with E-state index in [2.05, 4.69) is 10.3 Å². The first-order chi connectivity index (χ1) is 14.5. The zero-order valence-electron chi connectivity index (χ0n) is 16.5. The average molecular weight is 425 g/mol. The van der Waals surface area contributed by atoms with Crippen LogP contribution < -0.4 is 20.5 Å². The van der Waals surface area contributed by atoms with Crippen LogP contribution in [0.25, 0.3) is 22.4 Å². The maximum absolute atomic E-state index is 12.8. The van der Waals surface area contributed by atoms with Gasteiger partial charge in [-0.05, 0) is 37.3 Å². The smallest absolute Gasteiger partial charge is 0.420 e. The lowest BCUT2D eigenvalue weighted by molar-refractivity contribution is -0.118. The van der Waals surface area contributed by atoms with E-state index in [1.54, 1.807) is 51.5 Å². The molecule has 2 aromatic carbocycles. The Morgan fingerprint density at radius 1 is 1.17 bits per heavy atom. The van der Waals surface area contributed by atoms with Crippen LogP contribution >= 0.6 is 11.3 Å². The van der Waals surface area contributed by atoms with E-state index in [4.69, 9.17) is 13.9 Å². The van der Waals surface area contributed by atoms with Crippen LogP contribution in [0, 0.1) is 0 Å². The first-order valence-electron chi connectivity index (χ1n) is 9.10. The zero-order valence-corrected chi connectivity index (χ0v) is 17.4. The molecule has 0 fully saturated rings. The van der Waals surface area contributed by atoms with Crippen molar-refractivity contribution in [3.8, 4) is 22.8 Å². The molecule has 4 aromatic rings. The van der Waals surface area contributed by atoms with Crippen LogP contribution in [0.15, 0.2) is 57.1 Å². The molecule has 0 aliphatic heterocycles. The Labute approximate surface area is 175 Å². The van der Waals surface area contributed by atoms with Crippen molar-refractivity contribution in [3.63, 3.8) is 0 Å². The number of carbonyl (C=O) groups excluding carboxylic acids is 1. The number of methoxy groups -OCH3 is 2. The number of hydrogen-bond donors (Lipinski definition) is 1. The van der Waals surface area contributed by atoms with Crippen molar-refractivity contribution < 1.29 is 18.7 Å². The number of carbonyl (C=O) groups is 1. The van der Waals surface area contributed by atoms with Crippen LogP contribution in [0.5, 0.6) is 11.5 Å². The van der Waals surface area contributed by atoms with Gasteiger partial charge in [-0.1, -0.05) is 12.1 Å². The van der Waals surface area contributed by atoms with E-state index < -0.39 is 11.8 Å². The molecule has 1 amide bonds. The molecule has 9 heteroatoms. The van der Waals surface area contributed by atoms with Crippen molar-refractivity contribution in [1.29, 1.82) is 0 Å². The molecule has 0 radical (unpaired) electrons. The number of nitrogens with zero attached hydrogens (tertiary/aromatic N) is 2. The van der Waals surface area contributed by atoms with Crippen molar-refractivity contribution >= 4 is 33.5 Å². The van der Waals surface area contributed by atoms with Crippen molar-refractivity contribution in [1.82, 2.24) is 9.55 Å². The fourth-order valence-electron chi connectivity index (χ4n) is 3.14. The molecule has 0 bridgehead atoms. The fourth-order valence-corrected chi connectivity index (χ4v) is 3.86. The molecule has 0 saturated carbocycles. The average Bonchev–Trinajstić information content (AvgIpc) is 3.36. The molecule has 1 N–H and O–H groups in total. The lowest BCUT2D eigenvalue weighted by Gasteiger charge is -2.11. The molecule has 0 aliphatic rings. The Balaban J connectivity index is 1.55. The quantitative estimate of drug-likeness (QED) is 0.503. The van der Waals surface area contributed by atoms with Gasteiger partial charge in [-0.25, -0.2) is 9.78 Å². The summed E-state index contributed by atoms with van der Waals surface area (Å²) in [5.74, 6) is 0.269. The van der Waals surface area contributed by atoms with E-state index in [1.165, 1.54) is 15.9 Å². The van der Waals surface area contributed by atoms with E-state index in [1.807, 2.05) is 17.5 Å². The number of ether oxygens (including phenoxy) is 2. The van der Waals surface area contributed by atoms with Crippen LogP contribution in [0.4, 0.5) is 5.13 Å². The number of thiazole rings is 1. The topological polar surface area (TPSA) is 95.6 Å². The Morgan fingerprint density at radius 2 is 1.93 bits per heavy atom. The first kappa shape index (κ1) is 19.7. The molecule has 30 heavy (non-hydrogen) atoms. The number of hydrogen-bond acceptors (Lipinski definition) is 7. The Kier molecular flexibility index (Phi) is 5.28. The molecule has 2 aromatic heterocycles. The second-order valence-corrected chi connectivity index (χ2v) is 7.34. The lowest BCUT2D eigenvalue weighted by Crippen LogP contribution is -2.29. The minimum absolute atomic E-state index is 0.364. The number of amides is 1. The van der Waals surface area contributed by atoms with Gasteiger partial charge in [-0.15, -0.1) is 11.3 Å². The monoisotopic (exact) mass is 425 g/mol. The predicted molar refractivity (Wildman–Crippen MR) is 114 cm³/mol. The third-order valence-electron chi connectivity index (χ3n) is 4.70. The molecular weight excluding hydrogens is 406 g/mol. The Hall–Kier alpha value is -3.59. The summed E-state index contributed by atoms with van der Waals surface area (Å²) in [5.41, 5.74) is 2.52. The number of nitrogens with one attached hydrogen (secondary N) is 1. The number of oxazole rings is 1. The molecule has 1 atom stereocenters. The van der Waals surface area contributed by atoms with E-state index >= 15 is 0 Å². The van der Waals surface area contributed by atoms with Gasteiger partial charge in [0, 0.05) is 10.9 Å². The molecule has 4 rings (SSSR count). The van der Waals surface area contributed by atoms with Crippen molar-refractivity contribution in [3.05, 3.63) is 58.4 Å². The highest BCUT2D eigenvalue weighted by atomic mass is 32.1. The normalized spacial score (nSPS) is 12.0. The van der Waals surface area contributed by atoms with E-state index in [0.717, 1.165) is 5.56 Å². The van der Waals surface area contributed by atoms with Gasteiger partial charge in [0.1, 0.15) is 6.04 Å². The second-order valence-electron chi connectivity index (χ2n) is 6.48. The van der Waals surface area contributed by atoms with E-state index in [-0.39, 0.29) is 5.91 Å². The van der Waals surface area contributed by atoms with Gasteiger partial charge in [-0.3, -0.25) is 9.36 Å². The molecule has 8 nitrogen and oxygen atoms in total. The minimum atomic E-state index is -0.769. The number of anilines is 1. The molecule has 0 saturated heterocycles. The van der Waals surface area contributed by atoms with Crippen LogP contribution in [-0.2, 0) is 4.79 Å². The van der Waals surface area contributed by atoms with Crippen LogP contribution in [-0.4, -0.2) is 29.7 Å². The van der Waals surface area contributed by atoms with E-state index in [9.17, 15) is 9.59 Å². The van der Waals surface area contributed by atoms with Crippen LogP contribution in [0.2, 0.25) is 0 Å². The Morgan fingerprint density at radius 3 is 2.70 bits per heavy atom. The summed E-state index contributed by atoms with van der Waals surface area (Å²) in [7, 11) is 3.14. The van der Waals surface area contributed by atoms with Crippen LogP contribution in [0.1, 0.15) is 13.0 Å². The van der Waals surface area contributed by atoms with Crippen molar-refractivity contribution in [2.75, 3.05) is 19.5 Å². The van der Waals surface area contributed by atoms with E-state index in [0.29, 0.717) is 33.4 Å². The fraction of sp³-hybridized carbons (Fsp3) is 0.190. The minimum Gasteiger partial charge on any atom is -0.493 e. The third-order valence-corrected chi connectivity index (χ3v) is 5.46. The number of rotatable bonds is 6. The summed E-state index contributed by atoms with van der Waals surface area (Å²) < 4.78 is 17.1. The van der Waals surface area contributed by atoms with Gasteiger partial charge in [0.2, 0.25) is 5.91 Å². The summed E-state index contributed by atoms with van der Waals surface area (Å²) in [6.45, 7) is 1.64. The molecule has 0 spiro atoms. The van der Waals surface area contributed by atoms with Gasteiger partial charge in [0.15, 0.2) is 22.2 Å². The van der Waals surface area contributed by atoms with Gasteiger partial charge < -0.3 is 19.2 Å². The molecular formula is C21H19N3O5S. The SMILES string of the molecule is COc1ccc(-c2csc(NC(=O)C(C)n3c(=O)oc4ccccc43)n2)cc1OC. The van der Waals surface area contributed by atoms with Crippen molar-refractivity contribution in [2.24, 2.45) is 0 Å².